The molecule has 0 aromatic carbocycles. The van der Waals surface area contributed by atoms with Crippen molar-refractivity contribution < 1.29 is 9.53 Å². The van der Waals surface area contributed by atoms with Crippen molar-refractivity contribution in [3.05, 3.63) is 11.1 Å². The van der Waals surface area contributed by atoms with E-state index >= 15 is 0 Å². The molecule has 0 saturated heterocycles. The number of rotatable bonds is 5. The molecule has 0 spiro atoms. The fraction of sp³-hybridized carbons (Fsp3) is 0.667. The Kier molecular flexibility index (Phi) is 5.99. The van der Waals surface area contributed by atoms with Gasteiger partial charge in [-0.15, -0.1) is 0 Å². The van der Waals surface area contributed by atoms with Crippen molar-refractivity contribution in [1.82, 2.24) is 4.90 Å². The Morgan fingerprint density at radius 2 is 2.08 bits per heavy atom. The molecule has 0 aliphatic heterocycles. The maximum absolute atomic E-state index is 11.0. The molecule has 3 nitrogen and oxygen atoms in total. The average molecular weight is 250 g/mol. The molecule has 13 heavy (non-hydrogen) atoms. The lowest BCUT2D eigenvalue weighted by molar-refractivity contribution is -0.142. The third-order valence-corrected chi connectivity index (χ3v) is 1.92. The summed E-state index contributed by atoms with van der Waals surface area (Å²) < 4.78 is 5.45. The normalized spacial score (nSPS) is 10.6. The summed E-state index contributed by atoms with van der Waals surface area (Å²) >= 11 is 3.27. The van der Waals surface area contributed by atoms with Gasteiger partial charge in [-0.25, -0.2) is 0 Å². The van der Waals surface area contributed by atoms with Crippen molar-refractivity contribution in [2.24, 2.45) is 0 Å². The number of nitrogens with zero attached hydrogens (tertiary/aromatic N) is 1. The molecule has 0 aliphatic carbocycles. The van der Waals surface area contributed by atoms with Crippen LogP contribution in [0.15, 0.2) is 11.1 Å². The van der Waals surface area contributed by atoms with Crippen LogP contribution in [0.25, 0.3) is 0 Å². The van der Waals surface area contributed by atoms with Crippen molar-refractivity contribution in [3.8, 4) is 0 Å². The fourth-order valence-corrected chi connectivity index (χ4v) is 1.19. The number of carbonyl (C=O) groups excluding carboxylic acids is 1. The first kappa shape index (κ1) is 12.7. The number of carbonyl (C=O) groups is 1. The van der Waals surface area contributed by atoms with E-state index in [-0.39, 0.29) is 5.97 Å². The molecule has 0 amide bonds. The minimum Gasteiger partial charge on any atom is -0.468 e. The van der Waals surface area contributed by atoms with E-state index in [9.17, 15) is 4.79 Å². The smallest absolute Gasteiger partial charge is 0.319 e. The van der Waals surface area contributed by atoms with Gasteiger partial charge in [-0.3, -0.25) is 9.69 Å². The topological polar surface area (TPSA) is 29.5 Å². The second kappa shape index (κ2) is 6.16. The van der Waals surface area contributed by atoms with Crippen LogP contribution in [0.4, 0.5) is 0 Å². The molecular weight excluding hydrogens is 234 g/mol. The molecule has 76 valence electrons. The predicted molar refractivity (Wildman–Crippen MR) is 56.8 cm³/mol. The molecule has 0 rings (SSSR count). The van der Waals surface area contributed by atoms with Crippen LogP contribution in [0.3, 0.4) is 0 Å². The molecule has 0 aromatic rings. The highest BCUT2D eigenvalue weighted by Gasteiger charge is 2.14. The van der Waals surface area contributed by atoms with E-state index in [1.807, 2.05) is 18.7 Å². The monoisotopic (exact) mass is 249 g/mol. The first-order chi connectivity index (χ1) is 5.97. The summed E-state index contributed by atoms with van der Waals surface area (Å²) in [6.45, 7) is 8.75. The average Bonchev–Trinajstić information content (AvgIpc) is 2.02. The maximum atomic E-state index is 11.0. The number of hydrogen-bond acceptors (Lipinski definition) is 3. The lowest BCUT2D eigenvalue weighted by Gasteiger charge is -2.24. The lowest BCUT2D eigenvalue weighted by atomic mass is 10.3. The molecule has 0 aliphatic rings. The summed E-state index contributed by atoms with van der Waals surface area (Å²) in [5.74, 6) is -0.220. The van der Waals surface area contributed by atoms with Gasteiger partial charge in [0.05, 0.1) is 13.7 Å². The molecule has 0 N–H and O–H groups in total. The molecule has 0 fully saturated rings. The van der Waals surface area contributed by atoms with Crippen LogP contribution in [0.2, 0.25) is 0 Å². The maximum Gasteiger partial charge on any atom is 0.319 e. The Hall–Kier alpha value is -0.350. The number of halogens is 1. The first-order valence-corrected chi connectivity index (χ1v) is 4.90. The first-order valence-electron chi connectivity index (χ1n) is 4.11. The number of hydrogen-bond donors (Lipinski definition) is 0. The van der Waals surface area contributed by atoms with Gasteiger partial charge in [0, 0.05) is 17.1 Å². The third kappa shape index (κ3) is 5.82. The van der Waals surface area contributed by atoms with Crippen molar-refractivity contribution in [2.75, 3.05) is 20.2 Å². The van der Waals surface area contributed by atoms with Crippen LogP contribution >= 0.6 is 15.9 Å². The van der Waals surface area contributed by atoms with E-state index < -0.39 is 0 Å². The van der Waals surface area contributed by atoms with Crippen LogP contribution < -0.4 is 0 Å². The summed E-state index contributed by atoms with van der Waals surface area (Å²) in [5, 5.41) is 0. The quantitative estimate of drug-likeness (QED) is 0.696. The Morgan fingerprint density at radius 1 is 1.54 bits per heavy atom. The van der Waals surface area contributed by atoms with Gasteiger partial charge < -0.3 is 4.74 Å². The van der Waals surface area contributed by atoms with Crippen LogP contribution in [0.1, 0.15) is 13.8 Å². The summed E-state index contributed by atoms with van der Waals surface area (Å²) in [6, 6.07) is 0.299. The third-order valence-electron chi connectivity index (χ3n) is 1.66. The summed E-state index contributed by atoms with van der Waals surface area (Å²) in [7, 11) is 1.39. The van der Waals surface area contributed by atoms with Crippen LogP contribution in [-0.4, -0.2) is 37.1 Å². The van der Waals surface area contributed by atoms with E-state index in [2.05, 4.69) is 27.2 Å². The number of methoxy groups -OCH3 is 1. The van der Waals surface area contributed by atoms with Crippen molar-refractivity contribution in [2.45, 2.75) is 19.9 Å². The summed E-state index contributed by atoms with van der Waals surface area (Å²) in [5.41, 5.74) is 0. The zero-order valence-corrected chi connectivity index (χ0v) is 9.93. The molecule has 0 unspecified atom stereocenters. The Balaban J connectivity index is 4.09. The molecule has 0 bridgehead atoms. The van der Waals surface area contributed by atoms with E-state index in [4.69, 9.17) is 0 Å². The SMILES string of the molecule is C=C(Br)CN(CC(=O)OC)C(C)C. The highest BCUT2D eigenvalue weighted by Crippen LogP contribution is 2.07. The van der Waals surface area contributed by atoms with E-state index in [1.165, 1.54) is 7.11 Å². The standard InChI is InChI=1S/C9H16BrNO2/c1-7(2)11(5-8(3)10)6-9(12)13-4/h7H,3,5-6H2,1-2,4H3. The van der Waals surface area contributed by atoms with Gasteiger partial charge in [-0.2, -0.15) is 0 Å². The van der Waals surface area contributed by atoms with Crippen molar-refractivity contribution >= 4 is 21.9 Å². The van der Waals surface area contributed by atoms with Gasteiger partial charge in [0.1, 0.15) is 0 Å². The summed E-state index contributed by atoms with van der Waals surface area (Å²) in [6.07, 6.45) is 0. The van der Waals surface area contributed by atoms with Gasteiger partial charge in [-0.1, -0.05) is 22.5 Å². The van der Waals surface area contributed by atoms with Gasteiger partial charge in [0.15, 0.2) is 0 Å². The Labute approximate surface area is 87.9 Å². The van der Waals surface area contributed by atoms with Gasteiger partial charge in [0.2, 0.25) is 0 Å². The van der Waals surface area contributed by atoms with Crippen molar-refractivity contribution in [3.63, 3.8) is 0 Å². The molecule has 4 heteroatoms. The van der Waals surface area contributed by atoms with Gasteiger partial charge in [0.25, 0.3) is 0 Å². The van der Waals surface area contributed by atoms with Gasteiger partial charge in [-0.05, 0) is 13.8 Å². The zero-order valence-electron chi connectivity index (χ0n) is 8.34. The zero-order chi connectivity index (χ0) is 10.4. The highest BCUT2D eigenvalue weighted by atomic mass is 79.9. The van der Waals surface area contributed by atoms with Crippen LogP contribution in [0, 0.1) is 0 Å². The molecule has 0 heterocycles. The number of ether oxygens (including phenoxy) is 1. The second-order valence-electron chi connectivity index (χ2n) is 3.09. The van der Waals surface area contributed by atoms with Crippen LogP contribution in [0.5, 0.6) is 0 Å². The molecule has 0 radical (unpaired) electrons. The molecular formula is C9H16BrNO2. The summed E-state index contributed by atoms with van der Waals surface area (Å²) in [4.78, 5) is 13.0. The minimum absolute atomic E-state index is 0.220. The van der Waals surface area contributed by atoms with Crippen molar-refractivity contribution in [1.29, 1.82) is 0 Å². The molecule has 0 aromatic heterocycles. The minimum atomic E-state index is -0.220. The largest absolute Gasteiger partial charge is 0.468 e. The second-order valence-corrected chi connectivity index (χ2v) is 4.21. The van der Waals surface area contributed by atoms with E-state index in [0.29, 0.717) is 19.1 Å². The molecule has 0 saturated carbocycles. The Morgan fingerprint density at radius 3 is 2.38 bits per heavy atom. The Bertz CT molecular complexity index is 192. The fourth-order valence-electron chi connectivity index (χ4n) is 0.872. The number of esters is 1. The lowest BCUT2D eigenvalue weighted by Crippen LogP contribution is -2.36. The van der Waals surface area contributed by atoms with Gasteiger partial charge >= 0.3 is 5.97 Å². The predicted octanol–water partition coefficient (Wildman–Crippen LogP) is 1.78. The highest BCUT2D eigenvalue weighted by molar-refractivity contribution is 9.11. The van der Waals surface area contributed by atoms with E-state index in [0.717, 1.165) is 4.48 Å². The van der Waals surface area contributed by atoms with Crippen LogP contribution in [-0.2, 0) is 9.53 Å². The molecule has 0 atom stereocenters. The van der Waals surface area contributed by atoms with E-state index in [1.54, 1.807) is 0 Å².